The second-order valence-corrected chi connectivity index (χ2v) is 18.0. The van der Waals surface area contributed by atoms with E-state index in [1.54, 1.807) is 11.3 Å². The van der Waals surface area contributed by atoms with E-state index in [9.17, 15) is 10.5 Å². The first kappa shape index (κ1) is 37.7. The van der Waals surface area contributed by atoms with Crippen LogP contribution in [-0.2, 0) is 0 Å². The number of hydrogen-bond acceptors (Lipinski definition) is 3. The molecule has 0 atom stereocenters. The van der Waals surface area contributed by atoms with E-state index < -0.39 is 0 Å². The van der Waals surface area contributed by atoms with Gasteiger partial charge in [0.25, 0.3) is 0 Å². The van der Waals surface area contributed by atoms with E-state index in [-0.39, 0.29) is 0 Å². The topological polar surface area (TPSA) is 52.0 Å². The van der Waals surface area contributed by atoms with E-state index in [0.717, 1.165) is 55.3 Å². The lowest BCUT2D eigenvalue weighted by atomic mass is 9.87. The number of nitrogens with zero attached hydrogens (tertiary/aromatic N) is 3. The van der Waals surface area contributed by atoms with Gasteiger partial charge >= 0.3 is 0 Å². The number of rotatable bonds is 6. The van der Waals surface area contributed by atoms with Crippen molar-refractivity contribution in [2.24, 2.45) is 0 Å². The fourth-order valence-corrected chi connectivity index (χ4v) is 11.3. The first-order valence-electron chi connectivity index (χ1n) is 22.1. The first-order valence-corrected chi connectivity index (χ1v) is 23.0. The van der Waals surface area contributed by atoms with Crippen molar-refractivity contribution in [1.82, 2.24) is 4.40 Å². The highest BCUT2D eigenvalue weighted by atomic mass is 32.1. The van der Waals surface area contributed by atoms with Crippen molar-refractivity contribution in [1.29, 1.82) is 10.5 Å². The van der Waals surface area contributed by atoms with Gasteiger partial charge in [-0.15, -0.1) is 11.3 Å². The summed E-state index contributed by atoms with van der Waals surface area (Å²) < 4.78 is 2.41. The third-order valence-electron chi connectivity index (χ3n) is 13.4. The molecule has 3 heterocycles. The van der Waals surface area contributed by atoms with Crippen LogP contribution in [0.2, 0.25) is 0 Å². The quantitative estimate of drug-likeness (QED) is 0.156. The zero-order valence-corrected chi connectivity index (χ0v) is 36.3. The summed E-state index contributed by atoms with van der Waals surface area (Å²) in [7, 11) is 0. The van der Waals surface area contributed by atoms with Crippen LogP contribution in [0.15, 0.2) is 212 Å². The molecule has 0 amide bonds. The molecule has 304 valence electrons. The van der Waals surface area contributed by atoms with Gasteiger partial charge in [0.15, 0.2) is 0 Å². The zero-order valence-electron chi connectivity index (χ0n) is 35.5. The molecular formula is C62H35N3S. The van der Waals surface area contributed by atoms with Crippen LogP contribution in [0.1, 0.15) is 11.1 Å². The summed E-state index contributed by atoms with van der Waals surface area (Å²) in [6.45, 7) is 0. The highest BCUT2D eigenvalue weighted by Gasteiger charge is 2.21. The summed E-state index contributed by atoms with van der Waals surface area (Å²) in [6, 6.07) is 78.0. The van der Waals surface area contributed by atoms with Crippen LogP contribution in [0, 0.1) is 22.7 Å². The van der Waals surface area contributed by atoms with Gasteiger partial charge in [-0.25, -0.2) is 0 Å². The van der Waals surface area contributed by atoms with Crippen LogP contribution < -0.4 is 0 Å². The van der Waals surface area contributed by atoms with Crippen LogP contribution in [0.4, 0.5) is 0 Å². The molecule has 13 rings (SSSR count). The highest BCUT2D eigenvalue weighted by molar-refractivity contribution is 7.17. The Morgan fingerprint density at radius 3 is 1.61 bits per heavy atom. The Morgan fingerprint density at radius 1 is 0.348 bits per heavy atom. The van der Waals surface area contributed by atoms with Gasteiger partial charge in [-0.3, -0.25) is 4.40 Å². The van der Waals surface area contributed by atoms with E-state index in [0.29, 0.717) is 16.7 Å². The molecule has 4 heteroatoms. The number of thiophene rings is 1. The third-order valence-corrected chi connectivity index (χ3v) is 14.3. The molecule has 0 N–H and O–H groups in total. The van der Waals surface area contributed by atoms with Gasteiger partial charge in [-0.2, -0.15) is 10.5 Å². The Morgan fingerprint density at radius 2 is 0.894 bits per heavy atom. The number of benzene rings is 10. The molecule has 66 heavy (non-hydrogen) atoms. The van der Waals surface area contributed by atoms with Gasteiger partial charge in [0.2, 0.25) is 0 Å². The Bertz CT molecular complexity index is 4150. The van der Waals surface area contributed by atoms with Crippen molar-refractivity contribution in [2.75, 3.05) is 0 Å². The van der Waals surface area contributed by atoms with Crippen molar-refractivity contribution in [2.45, 2.75) is 0 Å². The van der Waals surface area contributed by atoms with Gasteiger partial charge in [0, 0.05) is 27.1 Å². The largest absolute Gasteiger partial charge is 0.300 e. The van der Waals surface area contributed by atoms with Gasteiger partial charge in [0.1, 0.15) is 4.83 Å². The van der Waals surface area contributed by atoms with Crippen molar-refractivity contribution in [3.05, 3.63) is 223 Å². The predicted octanol–water partition coefficient (Wildman–Crippen LogP) is 16.9. The second kappa shape index (κ2) is 14.9. The molecule has 0 fully saturated rings. The maximum atomic E-state index is 10.8. The minimum Gasteiger partial charge on any atom is -0.300 e. The summed E-state index contributed by atoms with van der Waals surface area (Å²) in [5.41, 5.74) is 15.6. The van der Waals surface area contributed by atoms with Crippen LogP contribution in [0.5, 0.6) is 0 Å². The average Bonchev–Trinajstić information content (AvgIpc) is 4.09. The number of nitriles is 2. The minimum atomic E-state index is 0.461. The predicted molar refractivity (Wildman–Crippen MR) is 276 cm³/mol. The molecule has 0 aliphatic heterocycles. The van der Waals surface area contributed by atoms with E-state index in [2.05, 4.69) is 198 Å². The molecule has 0 unspecified atom stereocenters. The molecule has 0 aliphatic rings. The average molecular weight is 854 g/mol. The molecular weight excluding hydrogens is 819 g/mol. The van der Waals surface area contributed by atoms with Crippen molar-refractivity contribution < 1.29 is 0 Å². The standard InChI is InChI=1S/C62H35N3S/c63-36-49-29-47(40-15-9-16-41(27-40)48-34-57-52-19-7-8-20-59(52)65-61(57)58(35-48)53-25-26-66-62(53)65)30-50(37-64)60(49)46-18-10-17-44(28-46)54-33-45-22-21-42(38-11-3-1-4-12-38)31-55(45)56-32-43(23-24-51(54)56)39-13-5-2-6-14-39/h1-35H. The number of hydrogen-bond donors (Lipinski definition) is 0. The molecule has 0 saturated carbocycles. The van der Waals surface area contributed by atoms with Crippen molar-refractivity contribution in [3.8, 4) is 78.9 Å². The maximum absolute atomic E-state index is 10.8. The molecule has 0 bridgehead atoms. The summed E-state index contributed by atoms with van der Waals surface area (Å²) in [4.78, 5) is 1.27. The minimum absolute atomic E-state index is 0.461. The monoisotopic (exact) mass is 853 g/mol. The normalized spacial score (nSPS) is 11.6. The van der Waals surface area contributed by atoms with Gasteiger partial charge in [-0.1, -0.05) is 140 Å². The van der Waals surface area contributed by atoms with Crippen LogP contribution in [-0.4, -0.2) is 4.40 Å². The molecule has 13 aromatic rings. The molecule has 0 spiro atoms. The van der Waals surface area contributed by atoms with E-state index in [4.69, 9.17) is 0 Å². The lowest BCUT2D eigenvalue weighted by Crippen LogP contribution is -1.94. The summed E-state index contributed by atoms with van der Waals surface area (Å²) in [5.74, 6) is 0. The molecule has 3 aromatic heterocycles. The maximum Gasteiger partial charge on any atom is 0.108 e. The van der Waals surface area contributed by atoms with Gasteiger partial charge in [-0.05, 0) is 155 Å². The Balaban J connectivity index is 0.924. The number of fused-ring (bicyclic) bond motifs is 9. The van der Waals surface area contributed by atoms with Crippen molar-refractivity contribution >= 4 is 70.3 Å². The smallest absolute Gasteiger partial charge is 0.108 e. The fourth-order valence-electron chi connectivity index (χ4n) is 10.4. The third kappa shape index (κ3) is 5.87. The first-order chi connectivity index (χ1) is 32.6. The van der Waals surface area contributed by atoms with E-state index in [1.807, 2.05) is 30.3 Å². The Hall–Kier alpha value is -8.80. The Kier molecular flexibility index (Phi) is 8.52. The van der Waals surface area contributed by atoms with Gasteiger partial charge in [0.05, 0.1) is 34.3 Å². The summed E-state index contributed by atoms with van der Waals surface area (Å²) in [5, 5.41) is 33.4. The number of para-hydroxylation sites is 1. The fraction of sp³-hybridized carbons (Fsp3) is 0. The zero-order chi connectivity index (χ0) is 43.9. The lowest BCUT2D eigenvalue weighted by molar-refractivity contribution is 1.40. The summed E-state index contributed by atoms with van der Waals surface area (Å²) >= 11 is 1.78. The second-order valence-electron chi connectivity index (χ2n) is 17.1. The van der Waals surface area contributed by atoms with E-state index >= 15 is 0 Å². The van der Waals surface area contributed by atoms with Crippen molar-refractivity contribution in [3.63, 3.8) is 0 Å². The SMILES string of the molecule is N#Cc1cc(-c2cccc(-c3cc4c5ccccc5n5c6sccc6c(c3)c45)c2)cc(C#N)c1-c1cccc(-c2cc3ccc(-c4ccccc4)cc3c3cc(-c4ccccc4)ccc23)c1. The van der Waals surface area contributed by atoms with Crippen LogP contribution in [0.3, 0.4) is 0 Å². The van der Waals surface area contributed by atoms with Gasteiger partial charge < -0.3 is 0 Å². The molecule has 10 aromatic carbocycles. The molecule has 0 radical (unpaired) electrons. The van der Waals surface area contributed by atoms with E-state index in [1.165, 1.54) is 64.9 Å². The molecule has 0 aliphatic carbocycles. The lowest BCUT2D eigenvalue weighted by Gasteiger charge is -2.16. The summed E-state index contributed by atoms with van der Waals surface area (Å²) in [6.07, 6.45) is 0. The molecule has 0 saturated heterocycles. The molecule has 3 nitrogen and oxygen atoms in total. The van der Waals surface area contributed by atoms with Crippen LogP contribution >= 0.6 is 11.3 Å². The Labute approximate surface area is 384 Å². The van der Waals surface area contributed by atoms with Crippen LogP contribution in [0.25, 0.3) is 126 Å². The highest BCUT2D eigenvalue weighted by Crippen LogP contribution is 2.45. The number of aromatic nitrogens is 1.